The maximum atomic E-state index is 5.48. The van der Waals surface area contributed by atoms with Crippen molar-refractivity contribution >= 4 is 11.3 Å². The molecule has 0 fully saturated rings. The molecular formula is C17H25N3S. The molecule has 0 saturated heterocycles. The van der Waals surface area contributed by atoms with Crippen molar-refractivity contribution in [1.82, 2.24) is 10.3 Å². The summed E-state index contributed by atoms with van der Waals surface area (Å²) in [5.74, 6) is 0. The lowest BCUT2D eigenvalue weighted by Crippen LogP contribution is -2.18. The maximum Gasteiger partial charge on any atom is 0.123 e. The Balaban J connectivity index is 1.63. The Morgan fingerprint density at radius 2 is 1.81 bits per heavy atom. The molecule has 2 aromatic rings. The third-order valence-electron chi connectivity index (χ3n) is 3.44. The van der Waals surface area contributed by atoms with Gasteiger partial charge in [-0.3, -0.25) is 0 Å². The number of thiazole rings is 1. The molecule has 0 atom stereocenters. The second-order valence-corrected chi connectivity index (χ2v) is 6.07. The first-order valence-corrected chi connectivity index (χ1v) is 8.68. The van der Waals surface area contributed by atoms with Gasteiger partial charge in [0.1, 0.15) is 5.01 Å². The number of unbranched alkanes of at least 4 members (excludes halogenated alkanes) is 3. The van der Waals surface area contributed by atoms with Crippen LogP contribution in [0.4, 0.5) is 0 Å². The summed E-state index contributed by atoms with van der Waals surface area (Å²) in [5, 5.41) is 6.78. The van der Waals surface area contributed by atoms with Crippen LogP contribution in [0.25, 0.3) is 10.6 Å². The predicted molar refractivity (Wildman–Crippen MR) is 91.6 cm³/mol. The number of rotatable bonds is 10. The molecule has 4 heteroatoms. The Kier molecular flexibility index (Phi) is 7.43. The van der Waals surface area contributed by atoms with Crippen LogP contribution in [0.3, 0.4) is 0 Å². The molecule has 0 aliphatic rings. The van der Waals surface area contributed by atoms with Crippen LogP contribution in [0.1, 0.15) is 31.4 Å². The van der Waals surface area contributed by atoms with Crippen LogP contribution in [0, 0.1) is 0 Å². The molecule has 0 spiro atoms. The summed E-state index contributed by atoms with van der Waals surface area (Å²) in [6.07, 6.45) is 5.93. The Hall–Kier alpha value is -1.23. The number of hydrogen-bond acceptors (Lipinski definition) is 4. The summed E-state index contributed by atoms with van der Waals surface area (Å²) in [4.78, 5) is 4.70. The van der Waals surface area contributed by atoms with E-state index in [9.17, 15) is 0 Å². The Morgan fingerprint density at radius 1 is 1.00 bits per heavy atom. The van der Waals surface area contributed by atoms with Crippen molar-refractivity contribution in [3.8, 4) is 10.6 Å². The van der Waals surface area contributed by atoms with Crippen molar-refractivity contribution in [1.29, 1.82) is 0 Å². The molecule has 1 aromatic heterocycles. The molecule has 1 heterocycles. The normalized spacial score (nSPS) is 10.9. The third-order valence-corrected chi connectivity index (χ3v) is 4.38. The first-order chi connectivity index (χ1) is 10.4. The van der Waals surface area contributed by atoms with Gasteiger partial charge in [-0.2, -0.15) is 0 Å². The summed E-state index contributed by atoms with van der Waals surface area (Å²) in [6.45, 7) is 2.93. The van der Waals surface area contributed by atoms with E-state index in [1.807, 2.05) is 6.07 Å². The topological polar surface area (TPSA) is 50.9 Å². The van der Waals surface area contributed by atoms with Crippen LogP contribution in [-0.4, -0.2) is 24.6 Å². The van der Waals surface area contributed by atoms with Crippen LogP contribution >= 0.6 is 11.3 Å². The summed E-state index contributed by atoms with van der Waals surface area (Å²) in [5.41, 5.74) is 7.88. The second kappa shape index (κ2) is 9.66. The lowest BCUT2D eigenvalue weighted by atomic mass is 10.2. The van der Waals surface area contributed by atoms with Crippen LogP contribution in [0.15, 0.2) is 35.7 Å². The molecule has 0 unspecified atom stereocenters. The largest absolute Gasteiger partial charge is 0.330 e. The second-order valence-electron chi connectivity index (χ2n) is 5.21. The average molecular weight is 303 g/mol. The van der Waals surface area contributed by atoms with Gasteiger partial charge in [0.05, 0.1) is 5.69 Å². The van der Waals surface area contributed by atoms with E-state index < -0.39 is 0 Å². The van der Waals surface area contributed by atoms with Gasteiger partial charge in [-0.1, -0.05) is 43.2 Å². The van der Waals surface area contributed by atoms with Crippen molar-refractivity contribution in [3.63, 3.8) is 0 Å². The summed E-state index contributed by atoms with van der Waals surface area (Å²) >= 11 is 1.73. The van der Waals surface area contributed by atoms with E-state index in [0.717, 1.165) is 37.5 Å². The fourth-order valence-electron chi connectivity index (χ4n) is 2.22. The molecule has 0 amide bonds. The monoisotopic (exact) mass is 303 g/mol. The molecule has 1 aromatic carbocycles. The van der Waals surface area contributed by atoms with Gasteiger partial charge in [-0.15, -0.1) is 11.3 Å². The number of nitrogens with two attached hydrogens (primary N) is 1. The zero-order chi connectivity index (χ0) is 14.8. The molecule has 0 radical (unpaired) electrons. The van der Waals surface area contributed by atoms with Crippen molar-refractivity contribution in [3.05, 3.63) is 41.4 Å². The van der Waals surface area contributed by atoms with E-state index in [1.165, 1.54) is 30.5 Å². The minimum atomic E-state index is 0.820. The summed E-state index contributed by atoms with van der Waals surface area (Å²) in [7, 11) is 0. The standard InChI is InChI=1S/C17H25N3S/c18-11-6-1-2-7-12-19-13-10-16-14-21-17(20-16)15-8-4-3-5-9-15/h3-5,8-9,14,19H,1-2,6-7,10-13,18H2. The van der Waals surface area contributed by atoms with Crippen molar-refractivity contribution in [2.45, 2.75) is 32.1 Å². The van der Waals surface area contributed by atoms with Gasteiger partial charge in [0.25, 0.3) is 0 Å². The molecule has 0 aliphatic carbocycles. The average Bonchev–Trinajstić information content (AvgIpc) is 3.00. The molecule has 0 bridgehead atoms. The highest BCUT2D eigenvalue weighted by atomic mass is 32.1. The lowest BCUT2D eigenvalue weighted by Gasteiger charge is -2.03. The van der Waals surface area contributed by atoms with Gasteiger partial charge in [-0.25, -0.2) is 4.98 Å². The van der Waals surface area contributed by atoms with Gasteiger partial charge in [0.2, 0.25) is 0 Å². The molecule has 3 N–H and O–H groups in total. The maximum absolute atomic E-state index is 5.48. The van der Waals surface area contributed by atoms with Gasteiger partial charge in [-0.05, 0) is 25.9 Å². The fraction of sp³-hybridized carbons (Fsp3) is 0.471. The number of hydrogen-bond donors (Lipinski definition) is 2. The number of benzene rings is 1. The van der Waals surface area contributed by atoms with Gasteiger partial charge >= 0.3 is 0 Å². The zero-order valence-corrected chi connectivity index (χ0v) is 13.4. The zero-order valence-electron chi connectivity index (χ0n) is 12.6. The van der Waals surface area contributed by atoms with Gasteiger partial charge in [0, 0.05) is 23.9 Å². The van der Waals surface area contributed by atoms with E-state index in [4.69, 9.17) is 10.7 Å². The predicted octanol–water partition coefficient (Wildman–Crippen LogP) is 3.46. The highest BCUT2D eigenvalue weighted by Gasteiger charge is 2.03. The quantitative estimate of drug-likeness (QED) is 0.661. The van der Waals surface area contributed by atoms with E-state index in [1.54, 1.807) is 11.3 Å². The smallest absolute Gasteiger partial charge is 0.123 e. The molecule has 2 rings (SSSR count). The van der Waals surface area contributed by atoms with Crippen LogP contribution in [0.2, 0.25) is 0 Å². The molecular weight excluding hydrogens is 278 g/mol. The highest BCUT2D eigenvalue weighted by Crippen LogP contribution is 2.23. The number of nitrogens with one attached hydrogen (secondary N) is 1. The first kappa shape index (κ1) is 16.1. The Morgan fingerprint density at radius 3 is 2.62 bits per heavy atom. The SMILES string of the molecule is NCCCCCCNCCc1csc(-c2ccccc2)n1. The molecule has 3 nitrogen and oxygen atoms in total. The summed E-state index contributed by atoms with van der Waals surface area (Å²) < 4.78 is 0. The van der Waals surface area contributed by atoms with Crippen molar-refractivity contribution in [2.24, 2.45) is 5.73 Å². The molecule has 114 valence electrons. The van der Waals surface area contributed by atoms with Crippen LogP contribution < -0.4 is 11.1 Å². The number of aromatic nitrogens is 1. The minimum absolute atomic E-state index is 0.820. The lowest BCUT2D eigenvalue weighted by molar-refractivity contribution is 0.589. The Bertz CT molecular complexity index is 496. The Labute approximate surface area is 131 Å². The minimum Gasteiger partial charge on any atom is -0.330 e. The fourth-order valence-corrected chi connectivity index (χ4v) is 3.08. The number of nitrogens with zero attached hydrogens (tertiary/aromatic N) is 1. The van der Waals surface area contributed by atoms with Gasteiger partial charge in [0.15, 0.2) is 0 Å². The molecule has 0 saturated carbocycles. The van der Waals surface area contributed by atoms with E-state index in [2.05, 4.69) is 35.0 Å². The van der Waals surface area contributed by atoms with Crippen molar-refractivity contribution in [2.75, 3.05) is 19.6 Å². The molecule has 21 heavy (non-hydrogen) atoms. The van der Waals surface area contributed by atoms with Gasteiger partial charge < -0.3 is 11.1 Å². The summed E-state index contributed by atoms with van der Waals surface area (Å²) in [6, 6.07) is 10.4. The van der Waals surface area contributed by atoms with E-state index in [-0.39, 0.29) is 0 Å². The van der Waals surface area contributed by atoms with Crippen molar-refractivity contribution < 1.29 is 0 Å². The molecule has 0 aliphatic heterocycles. The highest BCUT2D eigenvalue weighted by molar-refractivity contribution is 7.13. The van der Waals surface area contributed by atoms with E-state index >= 15 is 0 Å². The third kappa shape index (κ3) is 5.96. The van der Waals surface area contributed by atoms with E-state index in [0.29, 0.717) is 0 Å². The van der Waals surface area contributed by atoms with Crippen LogP contribution in [0.5, 0.6) is 0 Å². The first-order valence-electron chi connectivity index (χ1n) is 7.81. The van der Waals surface area contributed by atoms with Crippen LogP contribution in [-0.2, 0) is 6.42 Å².